The van der Waals surface area contributed by atoms with Crippen LogP contribution < -0.4 is 25.2 Å². The van der Waals surface area contributed by atoms with Crippen molar-refractivity contribution >= 4 is 53.1 Å². The van der Waals surface area contributed by atoms with Gasteiger partial charge in [0.15, 0.2) is 9.88 Å². The first-order chi connectivity index (χ1) is 19.1. The third kappa shape index (κ3) is 5.77. The molecular weight excluding hydrogens is 552 g/mol. The molecule has 0 atom stereocenters. The summed E-state index contributed by atoms with van der Waals surface area (Å²) in [5.74, 6) is -0.554. The van der Waals surface area contributed by atoms with Crippen LogP contribution in [0.5, 0.6) is 17.4 Å². The summed E-state index contributed by atoms with van der Waals surface area (Å²) in [4.78, 5) is 42.1. The summed E-state index contributed by atoms with van der Waals surface area (Å²) in [5, 5.41) is 13.4. The second-order valence-corrected chi connectivity index (χ2v) is 9.23. The fraction of sp³-hybridized carbons (Fsp3) is 0.107. The predicted octanol–water partition coefficient (Wildman–Crippen LogP) is 3.95. The number of ether oxygens (including phenoxy) is 2. The van der Waals surface area contributed by atoms with Crippen LogP contribution in [-0.4, -0.2) is 45.8 Å². The van der Waals surface area contributed by atoms with E-state index in [1.807, 2.05) is 0 Å². The lowest BCUT2D eigenvalue weighted by atomic mass is 10.1. The SMILES string of the molecule is COc1cccc(N2C(=O)/C(=C/C=C(C)/C=C/c3c(O)n(-c4cccc(OC)c4)c(=S)[nH]c3=O)C(=O)NC2=S)c1. The van der Waals surface area contributed by atoms with Crippen LogP contribution in [0.4, 0.5) is 5.69 Å². The number of rotatable bonds is 7. The zero-order chi connectivity index (χ0) is 29.0. The Hall–Kier alpha value is -4.81. The van der Waals surface area contributed by atoms with Gasteiger partial charge in [0.1, 0.15) is 22.6 Å². The molecular formula is C28H24N4O6S2. The summed E-state index contributed by atoms with van der Waals surface area (Å²) in [5.41, 5.74) is 0.723. The van der Waals surface area contributed by atoms with E-state index >= 15 is 0 Å². The van der Waals surface area contributed by atoms with Gasteiger partial charge in [0.25, 0.3) is 17.4 Å². The first-order valence-corrected chi connectivity index (χ1v) is 12.6. The number of aromatic hydroxyl groups is 1. The molecule has 2 aromatic carbocycles. The number of allylic oxidation sites excluding steroid dienone is 4. The molecule has 4 rings (SSSR count). The molecule has 204 valence electrons. The van der Waals surface area contributed by atoms with E-state index < -0.39 is 17.4 Å². The monoisotopic (exact) mass is 576 g/mol. The van der Waals surface area contributed by atoms with Gasteiger partial charge in [0, 0.05) is 12.1 Å². The maximum atomic E-state index is 13.2. The van der Waals surface area contributed by atoms with Crippen LogP contribution >= 0.6 is 24.4 Å². The number of H-pyrrole nitrogens is 1. The van der Waals surface area contributed by atoms with E-state index in [4.69, 9.17) is 33.9 Å². The van der Waals surface area contributed by atoms with Crippen molar-refractivity contribution in [3.8, 4) is 23.1 Å². The number of amides is 2. The molecule has 2 heterocycles. The zero-order valence-corrected chi connectivity index (χ0v) is 23.3. The van der Waals surface area contributed by atoms with Gasteiger partial charge in [0.2, 0.25) is 5.88 Å². The molecule has 0 unspecified atom stereocenters. The van der Waals surface area contributed by atoms with Crippen LogP contribution in [0.2, 0.25) is 0 Å². The number of thiocarbonyl (C=S) groups is 1. The number of hydrogen-bond donors (Lipinski definition) is 3. The highest BCUT2D eigenvalue weighted by molar-refractivity contribution is 7.80. The molecule has 1 aliphatic rings. The molecule has 1 aromatic heterocycles. The smallest absolute Gasteiger partial charge is 0.270 e. The summed E-state index contributed by atoms with van der Waals surface area (Å²) in [6, 6.07) is 13.5. The zero-order valence-electron chi connectivity index (χ0n) is 21.6. The number of benzene rings is 2. The topological polar surface area (TPSA) is 126 Å². The minimum atomic E-state index is -0.642. The van der Waals surface area contributed by atoms with E-state index in [0.29, 0.717) is 28.4 Å². The van der Waals surface area contributed by atoms with E-state index in [9.17, 15) is 19.5 Å². The summed E-state index contributed by atoms with van der Waals surface area (Å²) in [7, 11) is 3.01. The van der Waals surface area contributed by atoms with E-state index in [1.54, 1.807) is 61.5 Å². The highest BCUT2D eigenvalue weighted by Gasteiger charge is 2.34. The van der Waals surface area contributed by atoms with Gasteiger partial charge >= 0.3 is 0 Å². The second-order valence-electron chi connectivity index (χ2n) is 8.46. The standard InChI is InChI=1S/C28H24N4O6S2/c1-16(10-12-21-23(33)29-27(39)31(25(21)35)17-6-4-8-19(14-17)37-2)11-13-22-24(34)30-28(40)32(26(22)36)18-7-5-9-20(15-18)38-3/h4-15,35H,1-3H3,(H,29,33,39)(H,30,34,40)/b12-10+,16-11+,22-13+. The Morgan fingerprint density at radius 3 is 2.25 bits per heavy atom. The lowest BCUT2D eigenvalue weighted by Gasteiger charge is -2.28. The number of nitrogens with one attached hydrogen (secondary N) is 2. The predicted molar refractivity (Wildman–Crippen MR) is 158 cm³/mol. The quantitative estimate of drug-likeness (QED) is 0.167. The number of anilines is 1. The molecule has 2 amide bonds. The molecule has 0 spiro atoms. The number of hydrogen-bond acceptors (Lipinski definition) is 8. The second kappa shape index (κ2) is 11.9. The van der Waals surface area contributed by atoms with Gasteiger partial charge in [-0.05, 0) is 67.8 Å². The van der Waals surface area contributed by atoms with Crippen LogP contribution in [0.15, 0.2) is 82.7 Å². The maximum Gasteiger partial charge on any atom is 0.270 e. The molecule has 40 heavy (non-hydrogen) atoms. The third-order valence-electron chi connectivity index (χ3n) is 5.87. The van der Waals surface area contributed by atoms with Crippen molar-refractivity contribution in [2.75, 3.05) is 19.1 Å². The van der Waals surface area contributed by atoms with Gasteiger partial charge in [-0.3, -0.25) is 34.2 Å². The van der Waals surface area contributed by atoms with E-state index in [1.165, 1.54) is 41.9 Å². The van der Waals surface area contributed by atoms with Crippen molar-refractivity contribution in [2.24, 2.45) is 0 Å². The fourth-order valence-corrected chi connectivity index (χ4v) is 4.39. The van der Waals surface area contributed by atoms with Gasteiger partial charge < -0.3 is 14.6 Å². The van der Waals surface area contributed by atoms with Crippen LogP contribution in [0, 0.1) is 4.77 Å². The lowest BCUT2D eigenvalue weighted by molar-refractivity contribution is -0.122. The highest BCUT2D eigenvalue weighted by atomic mass is 32.1. The van der Waals surface area contributed by atoms with Crippen LogP contribution in [-0.2, 0) is 9.59 Å². The molecule has 1 fully saturated rings. The molecule has 0 aliphatic carbocycles. The average Bonchev–Trinajstić information content (AvgIpc) is 2.92. The number of carbonyl (C=O) groups is 2. The van der Waals surface area contributed by atoms with Gasteiger partial charge in [-0.25, -0.2) is 0 Å². The number of methoxy groups -OCH3 is 2. The van der Waals surface area contributed by atoms with Crippen molar-refractivity contribution in [3.05, 3.63) is 98.6 Å². The molecule has 10 nitrogen and oxygen atoms in total. The van der Waals surface area contributed by atoms with Gasteiger partial charge in [-0.1, -0.05) is 29.9 Å². The molecule has 3 aromatic rings. The maximum absolute atomic E-state index is 13.2. The fourth-order valence-electron chi connectivity index (χ4n) is 3.82. The van der Waals surface area contributed by atoms with Crippen molar-refractivity contribution in [3.63, 3.8) is 0 Å². The summed E-state index contributed by atoms with van der Waals surface area (Å²) < 4.78 is 11.8. The summed E-state index contributed by atoms with van der Waals surface area (Å²) in [6.07, 6.45) is 5.85. The minimum absolute atomic E-state index is 0.00484. The summed E-state index contributed by atoms with van der Waals surface area (Å²) >= 11 is 10.5. The molecule has 1 aliphatic heterocycles. The average molecular weight is 577 g/mol. The lowest BCUT2D eigenvalue weighted by Crippen LogP contribution is -2.54. The first kappa shape index (κ1) is 28.2. The van der Waals surface area contributed by atoms with Gasteiger partial charge in [0.05, 0.1) is 25.6 Å². The number of nitrogens with zero attached hydrogens (tertiary/aromatic N) is 2. The number of carbonyl (C=O) groups excluding carboxylic acids is 2. The number of aromatic amines is 1. The van der Waals surface area contributed by atoms with E-state index in [0.717, 1.165) is 0 Å². The van der Waals surface area contributed by atoms with Crippen molar-refractivity contribution < 1.29 is 24.2 Å². The Kier molecular flexibility index (Phi) is 8.41. The van der Waals surface area contributed by atoms with Crippen molar-refractivity contribution in [1.82, 2.24) is 14.9 Å². The summed E-state index contributed by atoms with van der Waals surface area (Å²) in [6.45, 7) is 1.70. The Balaban J connectivity index is 1.65. The van der Waals surface area contributed by atoms with E-state index in [-0.39, 0.29) is 26.9 Å². The van der Waals surface area contributed by atoms with Crippen molar-refractivity contribution in [2.45, 2.75) is 6.92 Å². The molecule has 0 saturated carbocycles. The Morgan fingerprint density at radius 2 is 1.60 bits per heavy atom. The van der Waals surface area contributed by atoms with Crippen LogP contribution in [0.25, 0.3) is 11.8 Å². The highest BCUT2D eigenvalue weighted by Crippen LogP contribution is 2.26. The van der Waals surface area contributed by atoms with Crippen molar-refractivity contribution in [1.29, 1.82) is 0 Å². The normalized spacial score (nSPS) is 15.1. The molecule has 12 heteroatoms. The van der Waals surface area contributed by atoms with Crippen LogP contribution in [0.1, 0.15) is 12.5 Å². The van der Waals surface area contributed by atoms with Crippen LogP contribution in [0.3, 0.4) is 0 Å². The Bertz CT molecular complexity index is 1730. The Morgan fingerprint density at radius 1 is 0.975 bits per heavy atom. The largest absolute Gasteiger partial charge is 0.497 e. The molecule has 1 saturated heterocycles. The first-order valence-electron chi connectivity index (χ1n) is 11.8. The molecule has 3 N–H and O–H groups in total. The van der Waals surface area contributed by atoms with Gasteiger partial charge in [-0.15, -0.1) is 0 Å². The molecule has 0 radical (unpaired) electrons. The Labute approximate surface area is 239 Å². The van der Waals surface area contributed by atoms with Gasteiger partial charge in [-0.2, -0.15) is 0 Å². The molecule has 0 bridgehead atoms. The third-order valence-corrected chi connectivity index (χ3v) is 6.44. The number of aromatic nitrogens is 2. The van der Waals surface area contributed by atoms with E-state index in [2.05, 4.69) is 10.3 Å². The minimum Gasteiger partial charge on any atom is -0.497 e.